The van der Waals surface area contributed by atoms with Gasteiger partial charge in [0.25, 0.3) is 0 Å². The summed E-state index contributed by atoms with van der Waals surface area (Å²) in [5, 5.41) is 2.93. The van der Waals surface area contributed by atoms with Crippen molar-refractivity contribution in [2.45, 2.75) is 38.8 Å². The van der Waals surface area contributed by atoms with Gasteiger partial charge in [-0.2, -0.15) is 0 Å². The molecule has 7 heteroatoms. The summed E-state index contributed by atoms with van der Waals surface area (Å²) in [6, 6.07) is 11.0. The molecule has 3 heterocycles. The van der Waals surface area contributed by atoms with Crippen molar-refractivity contribution in [1.82, 2.24) is 14.8 Å². The van der Waals surface area contributed by atoms with E-state index in [4.69, 9.17) is 8.83 Å². The molecule has 3 aromatic rings. The van der Waals surface area contributed by atoms with Crippen molar-refractivity contribution in [3.8, 4) is 0 Å². The molecule has 1 unspecified atom stereocenters. The number of para-hydroxylation sites is 2. The quantitative estimate of drug-likeness (QED) is 0.764. The lowest BCUT2D eigenvalue weighted by Crippen LogP contribution is -2.45. The van der Waals surface area contributed by atoms with E-state index in [9.17, 15) is 9.59 Å². The van der Waals surface area contributed by atoms with Gasteiger partial charge in [0.15, 0.2) is 5.58 Å². The molecule has 4 rings (SSSR count). The summed E-state index contributed by atoms with van der Waals surface area (Å²) in [6.45, 7) is 3.32. The van der Waals surface area contributed by atoms with Crippen LogP contribution in [0, 0.1) is 6.92 Å². The van der Waals surface area contributed by atoms with Crippen LogP contribution in [0.25, 0.3) is 11.1 Å². The van der Waals surface area contributed by atoms with Gasteiger partial charge in [0.05, 0.1) is 11.6 Å². The molecule has 1 aliphatic rings. The first-order valence-electron chi connectivity index (χ1n) is 9.32. The normalized spacial score (nSPS) is 17.4. The second-order valence-corrected chi connectivity index (χ2v) is 6.87. The molecule has 1 aliphatic heterocycles. The highest BCUT2D eigenvalue weighted by Crippen LogP contribution is 2.31. The van der Waals surface area contributed by atoms with E-state index in [0.717, 1.165) is 36.3 Å². The van der Waals surface area contributed by atoms with Crippen LogP contribution in [0.15, 0.2) is 50.0 Å². The zero-order valence-electron chi connectivity index (χ0n) is 15.3. The number of piperidine rings is 1. The molecule has 27 heavy (non-hydrogen) atoms. The Morgan fingerprint density at radius 1 is 1.19 bits per heavy atom. The Bertz CT molecular complexity index is 1000. The molecule has 0 spiro atoms. The fourth-order valence-corrected chi connectivity index (χ4v) is 3.70. The number of carbonyl (C=O) groups is 1. The molecule has 1 fully saturated rings. The number of rotatable bonds is 4. The highest BCUT2D eigenvalue weighted by molar-refractivity contribution is 5.75. The average molecular weight is 369 g/mol. The smallest absolute Gasteiger partial charge is 0.420 e. The maximum atomic E-state index is 12.7. The van der Waals surface area contributed by atoms with Crippen molar-refractivity contribution in [3.63, 3.8) is 0 Å². The predicted octanol–water partition coefficient (Wildman–Crippen LogP) is 3.43. The van der Waals surface area contributed by atoms with Gasteiger partial charge in [-0.15, -0.1) is 0 Å². The summed E-state index contributed by atoms with van der Waals surface area (Å²) >= 11 is 0. The van der Waals surface area contributed by atoms with Crippen molar-refractivity contribution >= 4 is 17.1 Å². The lowest BCUT2D eigenvalue weighted by Gasteiger charge is -2.34. The maximum absolute atomic E-state index is 12.7. The van der Waals surface area contributed by atoms with Crippen LogP contribution < -0.4 is 11.1 Å². The Morgan fingerprint density at radius 3 is 2.85 bits per heavy atom. The summed E-state index contributed by atoms with van der Waals surface area (Å²) in [6.07, 6.45) is 2.95. The van der Waals surface area contributed by atoms with Gasteiger partial charge in [-0.1, -0.05) is 12.1 Å². The van der Waals surface area contributed by atoms with E-state index in [1.165, 1.54) is 0 Å². The van der Waals surface area contributed by atoms with Crippen LogP contribution in [0.3, 0.4) is 0 Å². The minimum atomic E-state index is -0.410. The molecule has 0 bridgehead atoms. The molecule has 1 atom stereocenters. The van der Waals surface area contributed by atoms with Crippen LogP contribution in [0.4, 0.5) is 4.79 Å². The van der Waals surface area contributed by atoms with Crippen LogP contribution in [0.5, 0.6) is 0 Å². The number of carbonyl (C=O) groups excluding carboxylic acids is 1. The van der Waals surface area contributed by atoms with E-state index >= 15 is 0 Å². The second-order valence-electron chi connectivity index (χ2n) is 6.87. The van der Waals surface area contributed by atoms with Crippen LogP contribution in [-0.4, -0.2) is 28.6 Å². The zero-order chi connectivity index (χ0) is 18.8. The number of fused-ring (bicyclic) bond motifs is 1. The molecule has 142 valence electrons. The van der Waals surface area contributed by atoms with Gasteiger partial charge >= 0.3 is 11.8 Å². The Balaban J connectivity index is 1.42. The van der Waals surface area contributed by atoms with Crippen molar-refractivity contribution in [1.29, 1.82) is 0 Å². The molecule has 0 aliphatic carbocycles. The number of urea groups is 1. The number of aromatic nitrogens is 1. The monoisotopic (exact) mass is 369 g/mol. The highest BCUT2D eigenvalue weighted by atomic mass is 16.4. The lowest BCUT2D eigenvalue weighted by molar-refractivity contribution is 0.139. The molecule has 0 radical (unpaired) electrons. The number of benzene rings is 1. The van der Waals surface area contributed by atoms with Crippen molar-refractivity contribution in [2.24, 2.45) is 0 Å². The first-order valence-corrected chi connectivity index (χ1v) is 9.32. The Kier molecular flexibility index (Phi) is 4.75. The van der Waals surface area contributed by atoms with Crippen LogP contribution in [0.1, 0.15) is 36.8 Å². The molecular weight excluding hydrogens is 346 g/mol. The van der Waals surface area contributed by atoms with Gasteiger partial charge in [0.1, 0.15) is 11.5 Å². The van der Waals surface area contributed by atoms with Gasteiger partial charge in [0.2, 0.25) is 0 Å². The van der Waals surface area contributed by atoms with E-state index in [2.05, 4.69) is 5.32 Å². The zero-order valence-corrected chi connectivity index (χ0v) is 15.3. The molecule has 1 aromatic carbocycles. The van der Waals surface area contributed by atoms with Crippen LogP contribution >= 0.6 is 0 Å². The fourth-order valence-electron chi connectivity index (χ4n) is 3.70. The highest BCUT2D eigenvalue weighted by Gasteiger charge is 2.29. The van der Waals surface area contributed by atoms with Gasteiger partial charge < -0.3 is 19.1 Å². The third kappa shape index (κ3) is 3.49. The SMILES string of the molecule is Cc1ccc(C2CCCCN2C(=O)NCCn2c(=O)oc3ccccc32)o1. The summed E-state index contributed by atoms with van der Waals surface area (Å²) in [5.74, 6) is 1.27. The third-order valence-corrected chi connectivity index (χ3v) is 5.04. The molecule has 2 amide bonds. The summed E-state index contributed by atoms with van der Waals surface area (Å²) in [4.78, 5) is 26.6. The number of nitrogens with zero attached hydrogens (tertiary/aromatic N) is 2. The summed E-state index contributed by atoms with van der Waals surface area (Å²) in [7, 11) is 0. The number of oxazole rings is 1. The van der Waals surface area contributed by atoms with E-state index in [1.807, 2.05) is 42.2 Å². The van der Waals surface area contributed by atoms with Gasteiger partial charge in [0, 0.05) is 19.6 Å². The Labute approximate surface area is 156 Å². The molecule has 7 nitrogen and oxygen atoms in total. The first kappa shape index (κ1) is 17.5. The standard InChI is InChI=1S/C20H23N3O4/c1-14-9-10-18(26-14)15-7-4-5-12-22(15)19(24)21-11-13-23-16-6-2-3-8-17(16)27-20(23)25/h2-3,6,8-10,15H,4-5,7,11-13H2,1H3,(H,21,24). The fraction of sp³-hybridized carbons (Fsp3) is 0.400. The number of aryl methyl sites for hydroxylation is 1. The average Bonchev–Trinajstić information content (AvgIpc) is 3.25. The number of likely N-dealkylation sites (tertiary alicyclic amines) is 1. The lowest BCUT2D eigenvalue weighted by atomic mass is 10.0. The Morgan fingerprint density at radius 2 is 2.04 bits per heavy atom. The Hall–Kier alpha value is -2.96. The topological polar surface area (TPSA) is 80.6 Å². The van der Waals surface area contributed by atoms with Gasteiger partial charge in [-0.25, -0.2) is 9.59 Å². The number of hydrogen-bond donors (Lipinski definition) is 1. The first-order chi connectivity index (χ1) is 13.1. The minimum absolute atomic E-state index is 0.0371. The molecule has 1 N–H and O–H groups in total. The number of nitrogens with one attached hydrogen (secondary N) is 1. The molecule has 0 saturated carbocycles. The van der Waals surface area contributed by atoms with E-state index < -0.39 is 5.76 Å². The summed E-state index contributed by atoms with van der Waals surface area (Å²) in [5.41, 5.74) is 1.29. The molecular formula is C20H23N3O4. The number of hydrogen-bond acceptors (Lipinski definition) is 4. The van der Waals surface area contributed by atoms with Gasteiger partial charge in [-0.05, 0) is 50.5 Å². The van der Waals surface area contributed by atoms with E-state index in [-0.39, 0.29) is 12.1 Å². The van der Waals surface area contributed by atoms with Crippen molar-refractivity contribution in [3.05, 3.63) is 58.5 Å². The number of amides is 2. The van der Waals surface area contributed by atoms with Crippen LogP contribution in [0.2, 0.25) is 0 Å². The molecule has 1 saturated heterocycles. The maximum Gasteiger partial charge on any atom is 0.420 e. The van der Waals surface area contributed by atoms with Gasteiger partial charge in [-0.3, -0.25) is 4.57 Å². The van der Waals surface area contributed by atoms with Crippen LogP contribution in [-0.2, 0) is 6.54 Å². The largest absolute Gasteiger partial charge is 0.464 e. The van der Waals surface area contributed by atoms with E-state index in [1.54, 1.807) is 10.6 Å². The third-order valence-electron chi connectivity index (χ3n) is 5.04. The van der Waals surface area contributed by atoms with E-state index in [0.29, 0.717) is 25.2 Å². The van der Waals surface area contributed by atoms with Crippen molar-refractivity contribution in [2.75, 3.05) is 13.1 Å². The second kappa shape index (κ2) is 7.34. The van der Waals surface area contributed by atoms with Crippen molar-refractivity contribution < 1.29 is 13.6 Å². The predicted molar refractivity (Wildman–Crippen MR) is 101 cm³/mol. The molecule has 2 aromatic heterocycles. The summed E-state index contributed by atoms with van der Waals surface area (Å²) < 4.78 is 12.5. The minimum Gasteiger partial charge on any atom is -0.464 e. The number of furan rings is 1.